The van der Waals surface area contributed by atoms with Crippen LogP contribution >= 0.6 is 0 Å². The molecule has 0 bridgehead atoms. The number of nitrogens with one attached hydrogen (secondary N) is 2. The zero-order valence-electron chi connectivity index (χ0n) is 10.6. The maximum atomic E-state index is 11.5. The van der Waals surface area contributed by atoms with Gasteiger partial charge in [0, 0.05) is 12.6 Å². The first-order valence-corrected chi connectivity index (χ1v) is 6.16. The first-order valence-electron chi connectivity index (χ1n) is 6.16. The Bertz CT molecular complexity index is 292. The fourth-order valence-corrected chi connectivity index (χ4v) is 2.01. The van der Waals surface area contributed by atoms with Gasteiger partial charge in [0.25, 0.3) is 0 Å². The highest BCUT2D eigenvalue weighted by Crippen LogP contribution is 2.07. The van der Waals surface area contributed by atoms with Crippen LogP contribution in [-0.4, -0.2) is 65.4 Å². The Hall–Kier alpha value is -1.34. The van der Waals surface area contributed by atoms with E-state index in [9.17, 15) is 9.59 Å². The predicted molar refractivity (Wildman–Crippen MR) is 65.3 cm³/mol. The van der Waals surface area contributed by atoms with Crippen LogP contribution in [0.15, 0.2) is 0 Å². The number of carboxylic acid groups (broad SMARTS) is 1. The van der Waals surface area contributed by atoms with Crippen molar-refractivity contribution in [2.24, 2.45) is 0 Å². The van der Waals surface area contributed by atoms with Gasteiger partial charge in [0.05, 0.1) is 6.61 Å². The number of hydrogen-bond donors (Lipinski definition) is 4. The molecule has 0 aromatic heterocycles. The largest absolute Gasteiger partial charge is 0.480 e. The van der Waals surface area contributed by atoms with Gasteiger partial charge >= 0.3 is 12.0 Å². The van der Waals surface area contributed by atoms with Crippen molar-refractivity contribution in [1.29, 1.82) is 0 Å². The fraction of sp³-hybridized carbons (Fsp3) is 0.818. The second-order valence-electron chi connectivity index (χ2n) is 4.60. The summed E-state index contributed by atoms with van der Waals surface area (Å²) < 4.78 is 0. The second kappa shape index (κ2) is 7.17. The first-order chi connectivity index (χ1) is 8.52. The van der Waals surface area contributed by atoms with E-state index in [-0.39, 0.29) is 6.04 Å². The Balaban J connectivity index is 2.27. The summed E-state index contributed by atoms with van der Waals surface area (Å²) in [5, 5.41) is 22.3. The van der Waals surface area contributed by atoms with Crippen LogP contribution in [0.2, 0.25) is 0 Å². The van der Waals surface area contributed by atoms with E-state index in [2.05, 4.69) is 15.5 Å². The summed E-state index contributed by atoms with van der Waals surface area (Å²) in [5.74, 6) is -1.25. The molecule has 1 aliphatic heterocycles. The summed E-state index contributed by atoms with van der Waals surface area (Å²) >= 11 is 0. The van der Waals surface area contributed by atoms with E-state index in [0.717, 1.165) is 19.6 Å². The van der Waals surface area contributed by atoms with Gasteiger partial charge in [-0.3, -0.25) is 0 Å². The molecule has 0 aliphatic carbocycles. The minimum atomic E-state index is -1.26. The number of aliphatic hydroxyl groups excluding tert-OH is 1. The van der Waals surface area contributed by atoms with Crippen molar-refractivity contribution in [2.45, 2.75) is 31.8 Å². The zero-order valence-corrected chi connectivity index (χ0v) is 10.6. The Morgan fingerprint density at radius 2 is 1.89 bits per heavy atom. The van der Waals surface area contributed by atoms with Crippen molar-refractivity contribution in [3.05, 3.63) is 0 Å². The number of carbonyl (C=O) groups is 2. The molecular formula is C11H21N3O4. The van der Waals surface area contributed by atoms with Gasteiger partial charge < -0.3 is 25.7 Å². The molecule has 7 nitrogen and oxygen atoms in total. The average Bonchev–Trinajstić information content (AvgIpc) is 2.77. The average molecular weight is 259 g/mol. The Labute approximate surface area is 106 Å². The third-order valence-electron chi connectivity index (χ3n) is 2.89. The van der Waals surface area contributed by atoms with Crippen LogP contribution in [-0.2, 0) is 4.79 Å². The lowest BCUT2D eigenvalue weighted by Gasteiger charge is -2.22. The van der Waals surface area contributed by atoms with Crippen molar-refractivity contribution in [3.8, 4) is 0 Å². The minimum absolute atomic E-state index is 0.0590. The van der Waals surface area contributed by atoms with Gasteiger partial charge in [-0.2, -0.15) is 0 Å². The quantitative estimate of drug-likeness (QED) is 0.501. The van der Waals surface area contributed by atoms with Crippen molar-refractivity contribution in [3.63, 3.8) is 0 Å². The number of carboxylic acids is 1. The molecule has 0 radical (unpaired) electrons. The van der Waals surface area contributed by atoms with Crippen LogP contribution in [0.4, 0.5) is 4.79 Å². The number of amides is 2. The molecular weight excluding hydrogens is 238 g/mol. The van der Waals surface area contributed by atoms with Crippen LogP contribution in [0.3, 0.4) is 0 Å². The zero-order chi connectivity index (χ0) is 13.5. The van der Waals surface area contributed by atoms with Crippen molar-refractivity contribution in [2.75, 3.05) is 26.2 Å². The molecule has 0 saturated carbocycles. The highest BCUT2D eigenvalue weighted by atomic mass is 16.4. The summed E-state index contributed by atoms with van der Waals surface area (Å²) in [6.45, 7) is 4.09. The summed E-state index contributed by atoms with van der Waals surface area (Å²) in [7, 11) is 0. The maximum Gasteiger partial charge on any atom is 0.328 e. The number of carbonyl (C=O) groups excluding carboxylic acids is 1. The van der Waals surface area contributed by atoms with E-state index in [1.165, 1.54) is 12.8 Å². The smallest absolute Gasteiger partial charge is 0.328 e. The van der Waals surface area contributed by atoms with Gasteiger partial charge in [0.15, 0.2) is 6.04 Å². The van der Waals surface area contributed by atoms with Gasteiger partial charge in [-0.1, -0.05) is 0 Å². The number of rotatable bonds is 6. The Kier molecular flexibility index (Phi) is 5.87. The molecule has 18 heavy (non-hydrogen) atoms. The molecule has 1 unspecified atom stereocenters. The molecule has 1 aliphatic rings. The SMILES string of the molecule is CC(CN1CCCC1)NC(=O)N[C@H](CO)C(=O)O. The summed E-state index contributed by atoms with van der Waals surface area (Å²) in [6.07, 6.45) is 2.37. The fourth-order valence-electron chi connectivity index (χ4n) is 2.01. The molecule has 1 rings (SSSR count). The monoisotopic (exact) mass is 259 g/mol. The summed E-state index contributed by atoms with van der Waals surface area (Å²) in [6, 6.07) is -1.89. The molecule has 0 spiro atoms. The number of aliphatic carboxylic acids is 1. The van der Waals surface area contributed by atoms with E-state index in [1.54, 1.807) is 0 Å². The number of hydrogen-bond acceptors (Lipinski definition) is 4. The molecule has 0 aromatic carbocycles. The lowest BCUT2D eigenvalue weighted by Crippen LogP contribution is -2.51. The highest BCUT2D eigenvalue weighted by Gasteiger charge is 2.20. The summed E-state index contributed by atoms with van der Waals surface area (Å²) in [4.78, 5) is 24.4. The molecule has 7 heteroatoms. The van der Waals surface area contributed by atoms with E-state index in [4.69, 9.17) is 10.2 Å². The van der Waals surface area contributed by atoms with Gasteiger partial charge in [0.1, 0.15) is 0 Å². The molecule has 0 aromatic rings. The lowest BCUT2D eigenvalue weighted by molar-refractivity contribution is -0.140. The predicted octanol–water partition coefficient (Wildman–Crippen LogP) is -0.785. The van der Waals surface area contributed by atoms with E-state index in [0.29, 0.717) is 0 Å². The van der Waals surface area contributed by atoms with Crippen LogP contribution < -0.4 is 10.6 Å². The minimum Gasteiger partial charge on any atom is -0.480 e. The topological polar surface area (TPSA) is 102 Å². The number of aliphatic hydroxyl groups is 1. The van der Waals surface area contributed by atoms with Crippen LogP contribution in [0.1, 0.15) is 19.8 Å². The van der Waals surface area contributed by atoms with Crippen molar-refractivity contribution >= 4 is 12.0 Å². The Morgan fingerprint density at radius 3 is 2.39 bits per heavy atom. The van der Waals surface area contributed by atoms with E-state index >= 15 is 0 Å². The molecule has 2 amide bonds. The second-order valence-corrected chi connectivity index (χ2v) is 4.60. The van der Waals surface area contributed by atoms with Gasteiger partial charge in [0.2, 0.25) is 0 Å². The highest BCUT2D eigenvalue weighted by molar-refractivity contribution is 5.82. The van der Waals surface area contributed by atoms with Crippen molar-refractivity contribution < 1.29 is 19.8 Å². The maximum absolute atomic E-state index is 11.5. The molecule has 1 heterocycles. The number of nitrogens with zero attached hydrogens (tertiary/aromatic N) is 1. The summed E-state index contributed by atoms with van der Waals surface area (Å²) in [5.41, 5.74) is 0. The standard InChI is InChI=1S/C11H21N3O4/c1-8(6-14-4-2-3-5-14)12-11(18)13-9(7-15)10(16)17/h8-9,15H,2-7H2,1H3,(H,16,17)(H2,12,13,18)/t8?,9-/m1/s1. The van der Waals surface area contributed by atoms with Crippen LogP contribution in [0, 0.1) is 0 Å². The number of likely N-dealkylation sites (tertiary alicyclic amines) is 1. The van der Waals surface area contributed by atoms with Crippen LogP contribution in [0.25, 0.3) is 0 Å². The molecule has 4 N–H and O–H groups in total. The van der Waals surface area contributed by atoms with Crippen molar-refractivity contribution in [1.82, 2.24) is 15.5 Å². The number of urea groups is 1. The van der Waals surface area contributed by atoms with E-state index < -0.39 is 24.6 Å². The van der Waals surface area contributed by atoms with Gasteiger partial charge in [-0.05, 0) is 32.9 Å². The Morgan fingerprint density at radius 1 is 1.28 bits per heavy atom. The van der Waals surface area contributed by atoms with Gasteiger partial charge in [-0.25, -0.2) is 9.59 Å². The lowest BCUT2D eigenvalue weighted by atomic mass is 10.3. The third-order valence-corrected chi connectivity index (χ3v) is 2.89. The molecule has 2 atom stereocenters. The molecule has 1 saturated heterocycles. The third kappa shape index (κ3) is 4.89. The molecule has 1 fully saturated rings. The normalized spacial score (nSPS) is 19.2. The van der Waals surface area contributed by atoms with Crippen LogP contribution in [0.5, 0.6) is 0 Å². The molecule has 104 valence electrons. The van der Waals surface area contributed by atoms with Gasteiger partial charge in [-0.15, -0.1) is 0 Å². The van der Waals surface area contributed by atoms with E-state index in [1.807, 2.05) is 6.92 Å². The first kappa shape index (κ1) is 14.7.